The monoisotopic (exact) mass is 310 g/mol. The van der Waals surface area contributed by atoms with Crippen LogP contribution in [0.25, 0.3) is 0 Å². The SMILES string of the molecule is C=CCCCC([Si](C)(C)C)S(=O)(=O)c1ccc(C)cc1. The number of aryl methyl sites for hydroxylation is 1. The minimum atomic E-state index is -3.23. The van der Waals surface area contributed by atoms with E-state index in [2.05, 4.69) is 26.2 Å². The normalized spacial score (nSPS) is 14.0. The Labute approximate surface area is 124 Å². The molecular weight excluding hydrogens is 284 g/mol. The minimum Gasteiger partial charge on any atom is -0.224 e. The first-order chi connectivity index (χ1) is 9.19. The van der Waals surface area contributed by atoms with Gasteiger partial charge in [0.2, 0.25) is 0 Å². The summed E-state index contributed by atoms with van der Waals surface area (Å²) in [5.41, 5.74) is 1.08. The fourth-order valence-corrected chi connectivity index (χ4v) is 8.92. The van der Waals surface area contributed by atoms with Crippen LogP contribution in [0.3, 0.4) is 0 Å². The molecule has 0 amide bonds. The maximum atomic E-state index is 12.9. The Morgan fingerprint density at radius 2 is 1.75 bits per heavy atom. The Morgan fingerprint density at radius 1 is 1.20 bits per heavy atom. The molecule has 0 spiro atoms. The Morgan fingerprint density at radius 3 is 2.20 bits per heavy atom. The summed E-state index contributed by atoms with van der Waals surface area (Å²) in [6.45, 7) is 12.1. The highest BCUT2D eigenvalue weighted by Crippen LogP contribution is 2.27. The van der Waals surface area contributed by atoms with Gasteiger partial charge in [-0.3, -0.25) is 0 Å². The van der Waals surface area contributed by atoms with Crippen molar-refractivity contribution in [2.45, 2.75) is 55.6 Å². The first-order valence-electron chi connectivity index (χ1n) is 7.11. The van der Waals surface area contributed by atoms with E-state index in [0.29, 0.717) is 4.90 Å². The van der Waals surface area contributed by atoms with Crippen molar-refractivity contribution in [3.8, 4) is 0 Å². The topological polar surface area (TPSA) is 34.1 Å². The average Bonchev–Trinajstić information content (AvgIpc) is 2.33. The van der Waals surface area contributed by atoms with Gasteiger partial charge in [0.15, 0.2) is 9.84 Å². The molecule has 1 atom stereocenters. The number of hydrogen-bond donors (Lipinski definition) is 0. The molecule has 2 nitrogen and oxygen atoms in total. The van der Waals surface area contributed by atoms with Crippen LogP contribution in [0.1, 0.15) is 24.8 Å². The highest BCUT2D eigenvalue weighted by molar-refractivity contribution is 7.94. The Balaban J connectivity index is 3.10. The standard InChI is InChI=1S/C16H26O2SSi/c1-6-7-8-9-16(20(3,4)5)19(17,18)15-12-10-14(2)11-13-15/h6,10-13,16H,1,7-9H2,2-5H3. The molecule has 0 fully saturated rings. The zero-order chi connectivity index (χ0) is 15.4. The van der Waals surface area contributed by atoms with Gasteiger partial charge in [-0.1, -0.05) is 43.4 Å². The fraction of sp³-hybridized carbons (Fsp3) is 0.500. The summed E-state index contributed by atoms with van der Waals surface area (Å²) in [6, 6.07) is 7.23. The molecule has 0 radical (unpaired) electrons. The van der Waals surface area contributed by atoms with Gasteiger partial charge in [-0.2, -0.15) is 0 Å². The first-order valence-corrected chi connectivity index (χ1v) is 12.2. The van der Waals surface area contributed by atoms with Gasteiger partial charge in [-0.15, -0.1) is 6.58 Å². The second-order valence-corrected chi connectivity index (χ2v) is 14.4. The largest absolute Gasteiger partial charge is 0.224 e. The quantitative estimate of drug-likeness (QED) is 0.426. The van der Waals surface area contributed by atoms with E-state index in [-0.39, 0.29) is 4.87 Å². The minimum absolute atomic E-state index is 0.224. The zero-order valence-corrected chi connectivity index (χ0v) is 14.8. The van der Waals surface area contributed by atoms with Crippen LogP contribution in [-0.4, -0.2) is 21.4 Å². The summed E-state index contributed by atoms with van der Waals surface area (Å²) in [7, 11) is -5.02. The second-order valence-electron chi connectivity index (χ2n) is 6.43. The van der Waals surface area contributed by atoms with Crippen LogP contribution in [0.2, 0.25) is 19.6 Å². The summed E-state index contributed by atoms with van der Waals surface area (Å²) in [5.74, 6) is 0. The van der Waals surface area contributed by atoms with Crippen molar-refractivity contribution in [2.24, 2.45) is 0 Å². The molecule has 0 saturated carbocycles. The van der Waals surface area contributed by atoms with E-state index in [0.717, 1.165) is 24.8 Å². The molecule has 0 heterocycles. The molecule has 0 aliphatic carbocycles. The van der Waals surface area contributed by atoms with E-state index in [1.807, 2.05) is 25.1 Å². The Bertz CT molecular complexity index is 539. The van der Waals surface area contributed by atoms with Crippen LogP contribution in [0.4, 0.5) is 0 Å². The van der Waals surface area contributed by atoms with Gasteiger partial charge in [-0.25, -0.2) is 8.42 Å². The maximum absolute atomic E-state index is 12.9. The van der Waals surface area contributed by atoms with Gasteiger partial charge < -0.3 is 0 Å². The predicted octanol–water partition coefficient (Wildman–Crippen LogP) is 4.37. The van der Waals surface area contributed by atoms with Gasteiger partial charge >= 0.3 is 0 Å². The molecule has 0 saturated heterocycles. The molecule has 4 heteroatoms. The van der Waals surface area contributed by atoms with E-state index in [4.69, 9.17) is 0 Å². The van der Waals surface area contributed by atoms with E-state index < -0.39 is 17.9 Å². The van der Waals surface area contributed by atoms with Crippen molar-refractivity contribution >= 4 is 17.9 Å². The lowest BCUT2D eigenvalue weighted by Gasteiger charge is -2.28. The van der Waals surface area contributed by atoms with Crippen molar-refractivity contribution in [1.29, 1.82) is 0 Å². The molecule has 0 aromatic heterocycles. The average molecular weight is 311 g/mol. The van der Waals surface area contributed by atoms with E-state index >= 15 is 0 Å². The molecular formula is C16H26O2SSi. The van der Waals surface area contributed by atoms with E-state index in [1.54, 1.807) is 12.1 Å². The van der Waals surface area contributed by atoms with Gasteiger partial charge in [0, 0.05) is 0 Å². The summed E-state index contributed by atoms with van der Waals surface area (Å²) in [4.78, 5) is 0.242. The van der Waals surface area contributed by atoms with Crippen LogP contribution < -0.4 is 0 Å². The van der Waals surface area contributed by atoms with Crippen molar-refractivity contribution in [1.82, 2.24) is 0 Å². The molecule has 1 aromatic carbocycles. The Hall–Kier alpha value is -0.873. The van der Waals surface area contributed by atoms with Crippen LogP contribution in [-0.2, 0) is 9.84 Å². The third kappa shape index (κ3) is 4.32. The smallest absolute Gasteiger partial charge is 0.178 e. The second kappa shape index (κ2) is 6.72. The van der Waals surface area contributed by atoms with Gasteiger partial charge in [0.1, 0.15) is 0 Å². The van der Waals surface area contributed by atoms with Crippen molar-refractivity contribution in [2.75, 3.05) is 0 Å². The van der Waals surface area contributed by atoms with E-state index in [9.17, 15) is 8.42 Å². The van der Waals surface area contributed by atoms with Gasteiger partial charge in [-0.05, 0) is 38.3 Å². The number of benzene rings is 1. The summed E-state index contributed by atoms with van der Waals surface area (Å²) in [5, 5.41) is 0. The lowest BCUT2D eigenvalue weighted by atomic mass is 10.2. The van der Waals surface area contributed by atoms with Crippen molar-refractivity contribution < 1.29 is 8.42 Å². The lowest BCUT2D eigenvalue weighted by molar-refractivity contribution is 0.584. The zero-order valence-electron chi connectivity index (χ0n) is 13.0. The molecule has 0 N–H and O–H groups in total. The van der Waals surface area contributed by atoms with Crippen LogP contribution in [0.15, 0.2) is 41.8 Å². The number of rotatable bonds is 7. The van der Waals surface area contributed by atoms with Crippen LogP contribution in [0.5, 0.6) is 0 Å². The molecule has 0 bridgehead atoms. The van der Waals surface area contributed by atoms with Gasteiger partial charge in [0.05, 0.1) is 17.8 Å². The summed E-state index contributed by atoms with van der Waals surface area (Å²) < 4.78 is 25.8. The predicted molar refractivity (Wildman–Crippen MR) is 89.5 cm³/mol. The third-order valence-corrected chi connectivity index (χ3v) is 10.8. The fourth-order valence-electron chi connectivity index (χ4n) is 2.39. The number of sulfone groups is 1. The molecule has 0 aliphatic heterocycles. The summed E-state index contributed by atoms with van der Waals surface area (Å²) in [6.07, 6.45) is 4.37. The lowest BCUT2D eigenvalue weighted by Crippen LogP contribution is -2.44. The number of unbranched alkanes of at least 4 members (excludes halogenated alkanes) is 1. The van der Waals surface area contributed by atoms with Gasteiger partial charge in [0.25, 0.3) is 0 Å². The molecule has 1 aromatic rings. The molecule has 20 heavy (non-hydrogen) atoms. The van der Waals surface area contributed by atoms with Crippen molar-refractivity contribution in [3.63, 3.8) is 0 Å². The first kappa shape index (κ1) is 17.2. The van der Waals surface area contributed by atoms with E-state index in [1.165, 1.54) is 0 Å². The van der Waals surface area contributed by atoms with Crippen molar-refractivity contribution in [3.05, 3.63) is 42.5 Å². The Kier molecular flexibility index (Phi) is 5.77. The molecule has 0 aliphatic rings. The molecule has 1 rings (SSSR count). The highest BCUT2D eigenvalue weighted by Gasteiger charge is 2.37. The van der Waals surface area contributed by atoms with Crippen LogP contribution >= 0.6 is 0 Å². The highest BCUT2D eigenvalue weighted by atomic mass is 32.2. The third-order valence-electron chi connectivity index (χ3n) is 3.56. The number of allylic oxidation sites excluding steroid dienone is 1. The maximum Gasteiger partial charge on any atom is 0.178 e. The molecule has 1 unspecified atom stereocenters. The van der Waals surface area contributed by atoms with Crippen LogP contribution in [0, 0.1) is 6.92 Å². The number of hydrogen-bond acceptors (Lipinski definition) is 2. The summed E-state index contributed by atoms with van der Waals surface area (Å²) >= 11 is 0. The molecule has 112 valence electrons.